The zero-order valence-electron chi connectivity index (χ0n) is 8.89. The molecule has 0 aliphatic heterocycles. The van der Waals surface area contributed by atoms with Crippen LogP contribution in [0.15, 0.2) is 24.4 Å². The van der Waals surface area contributed by atoms with Crippen molar-refractivity contribution >= 4 is 16.6 Å². The summed E-state index contributed by atoms with van der Waals surface area (Å²) < 4.78 is 0. The maximum atomic E-state index is 6.01. The van der Waals surface area contributed by atoms with Crippen LogP contribution in [0.3, 0.4) is 0 Å². The molecule has 0 radical (unpaired) electrons. The first-order chi connectivity index (χ1) is 6.48. The average molecular weight is 190 g/mol. The van der Waals surface area contributed by atoms with E-state index in [1.807, 2.05) is 12.3 Å². The lowest BCUT2D eigenvalue weighted by atomic mass is 9.85. The molecule has 0 fully saturated rings. The Bertz CT molecular complexity index is 466. The Hall–Kier alpha value is -1.44. The van der Waals surface area contributed by atoms with Gasteiger partial charge in [-0.25, -0.2) is 0 Å². The van der Waals surface area contributed by atoms with Gasteiger partial charge in [-0.05, 0) is 34.6 Å². The highest BCUT2D eigenvalue weighted by atomic mass is 14.7. The maximum Gasteiger partial charge on any atom is 0.0474 e. The second-order valence-corrected chi connectivity index (χ2v) is 4.75. The van der Waals surface area contributed by atoms with Crippen molar-refractivity contribution in [2.24, 2.45) is 0 Å². The predicted molar refractivity (Wildman–Crippen MR) is 63.5 cm³/mol. The third-order valence-electron chi connectivity index (χ3n) is 2.53. The number of rotatable bonds is 0. The molecule has 2 nitrogen and oxygen atoms in total. The molecule has 0 atom stereocenters. The summed E-state index contributed by atoms with van der Waals surface area (Å²) >= 11 is 0. The predicted octanol–water partition coefficient (Wildman–Crippen LogP) is 3.29. The first-order valence-corrected chi connectivity index (χ1v) is 4.85. The minimum Gasteiger partial charge on any atom is -0.398 e. The molecule has 3 N–H and O–H groups in total. The molecule has 0 aliphatic carbocycles. The van der Waals surface area contributed by atoms with Gasteiger partial charge in [-0.3, -0.25) is 0 Å². The van der Waals surface area contributed by atoms with Crippen molar-refractivity contribution in [3.8, 4) is 0 Å². The number of nitrogens with one attached hydrogen (secondary N) is 1. The molecule has 1 heterocycles. The highest BCUT2D eigenvalue weighted by molar-refractivity contribution is 5.84. The van der Waals surface area contributed by atoms with Crippen molar-refractivity contribution in [1.82, 2.24) is 4.98 Å². The molecule has 0 amide bonds. The summed E-state index contributed by atoms with van der Waals surface area (Å²) in [5.41, 5.74) is 9.31. The van der Waals surface area contributed by atoms with Crippen LogP contribution in [0.5, 0.6) is 0 Å². The SMILES string of the molecule is CC(C)(C)c1cc2cc[nH]c2cc1N.[HH]. The van der Waals surface area contributed by atoms with Gasteiger partial charge in [0.2, 0.25) is 0 Å². The van der Waals surface area contributed by atoms with E-state index < -0.39 is 0 Å². The molecule has 1 aromatic heterocycles. The van der Waals surface area contributed by atoms with Gasteiger partial charge in [-0.2, -0.15) is 0 Å². The Morgan fingerprint density at radius 2 is 2.00 bits per heavy atom. The lowest BCUT2D eigenvalue weighted by molar-refractivity contribution is 0.593. The van der Waals surface area contributed by atoms with Crippen LogP contribution in [0.4, 0.5) is 5.69 Å². The fourth-order valence-electron chi connectivity index (χ4n) is 1.77. The number of aromatic amines is 1. The number of aromatic nitrogens is 1. The van der Waals surface area contributed by atoms with E-state index in [4.69, 9.17) is 5.73 Å². The van der Waals surface area contributed by atoms with Gasteiger partial charge in [-0.15, -0.1) is 0 Å². The Kier molecular flexibility index (Phi) is 1.81. The van der Waals surface area contributed by atoms with Gasteiger partial charge >= 0.3 is 0 Å². The molecular weight excluding hydrogens is 172 g/mol. The molecule has 0 saturated heterocycles. The van der Waals surface area contributed by atoms with E-state index in [0.717, 1.165) is 11.2 Å². The first-order valence-electron chi connectivity index (χ1n) is 4.85. The smallest absolute Gasteiger partial charge is 0.0474 e. The number of H-pyrrole nitrogens is 1. The van der Waals surface area contributed by atoms with Gasteiger partial charge in [0.05, 0.1) is 0 Å². The first kappa shape index (κ1) is 9.13. The number of hydrogen-bond acceptors (Lipinski definition) is 1. The van der Waals surface area contributed by atoms with Crippen LogP contribution in [0, 0.1) is 0 Å². The largest absolute Gasteiger partial charge is 0.398 e. The molecule has 2 rings (SSSR count). The number of benzene rings is 1. The van der Waals surface area contributed by atoms with Crippen LogP contribution >= 0.6 is 0 Å². The standard InChI is InChI=1S/C12H16N2.H2/c1-12(2,3)9-6-8-4-5-14-11(8)7-10(9)13;/h4-7,14H,13H2,1-3H3;1H. The Morgan fingerprint density at radius 3 is 2.64 bits per heavy atom. The molecule has 76 valence electrons. The molecule has 1 aromatic carbocycles. The second kappa shape index (κ2) is 2.77. The molecular formula is C12H18N2. The van der Waals surface area contributed by atoms with E-state index in [0.29, 0.717) is 0 Å². The highest BCUT2D eigenvalue weighted by Gasteiger charge is 2.17. The van der Waals surface area contributed by atoms with Gasteiger partial charge in [0.1, 0.15) is 0 Å². The van der Waals surface area contributed by atoms with Gasteiger partial charge in [0.15, 0.2) is 0 Å². The minimum absolute atomic E-state index is 0. The molecule has 0 bridgehead atoms. The normalized spacial score (nSPS) is 12.2. The third kappa shape index (κ3) is 1.37. The number of fused-ring (bicyclic) bond motifs is 1. The van der Waals surface area contributed by atoms with E-state index >= 15 is 0 Å². The topological polar surface area (TPSA) is 41.8 Å². The summed E-state index contributed by atoms with van der Waals surface area (Å²) in [4.78, 5) is 3.16. The lowest BCUT2D eigenvalue weighted by Gasteiger charge is -2.21. The van der Waals surface area contributed by atoms with Crippen molar-refractivity contribution < 1.29 is 1.43 Å². The van der Waals surface area contributed by atoms with Crippen molar-refractivity contribution in [1.29, 1.82) is 0 Å². The van der Waals surface area contributed by atoms with Gasteiger partial charge in [0, 0.05) is 18.8 Å². The van der Waals surface area contributed by atoms with Crippen molar-refractivity contribution in [2.45, 2.75) is 26.2 Å². The number of nitrogens with two attached hydrogens (primary N) is 1. The summed E-state index contributed by atoms with van der Waals surface area (Å²) in [5, 5.41) is 1.23. The van der Waals surface area contributed by atoms with E-state index in [1.54, 1.807) is 0 Å². The molecule has 0 spiro atoms. The van der Waals surface area contributed by atoms with Crippen LogP contribution in [0.2, 0.25) is 0 Å². The second-order valence-electron chi connectivity index (χ2n) is 4.75. The zero-order valence-corrected chi connectivity index (χ0v) is 8.89. The van der Waals surface area contributed by atoms with Crippen LogP contribution in [-0.2, 0) is 5.41 Å². The molecule has 2 heteroatoms. The average Bonchev–Trinajstić information content (AvgIpc) is 2.47. The molecule has 0 saturated carbocycles. The van der Waals surface area contributed by atoms with Crippen molar-refractivity contribution in [2.75, 3.05) is 5.73 Å². The van der Waals surface area contributed by atoms with Crippen LogP contribution in [0.25, 0.3) is 10.9 Å². The van der Waals surface area contributed by atoms with Gasteiger partial charge < -0.3 is 10.7 Å². The van der Waals surface area contributed by atoms with Crippen molar-refractivity contribution in [3.05, 3.63) is 30.0 Å². The Labute approximate surface area is 85.6 Å². The van der Waals surface area contributed by atoms with E-state index in [2.05, 4.69) is 37.9 Å². The number of hydrogen-bond donors (Lipinski definition) is 2. The fourth-order valence-corrected chi connectivity index (χ4v) is 1.77. The van der Waals surface area contributed by atoms with E-state index in [1.165, 1.54) is 10.9 Å². The number of anilines is 1. The Morgan fingerprint density at radius 1 is 1.29 bits per heavy atom. The van der Waals surface area contributed by atoms with Crippen LogP contribution < -0.4 is 5.73 Å². The van der Waals surface area contributed by atoms with E-state index in [-0.39, 0.29) is 6.84 Å². The highest BCUT2D eigenvalue weighted by Crippen LogP contribution is 2.31. The summed E-state index contributed by atoms with van der Waals surface area (Å²) in [6.07, 6.45) is 1.94. The number of nitrogen functional groups attached to an aromatic ring is 1. The summed E-state index contributed by atoms with van der Waals surface area (Å²) in [6, 6.07) is 6.25. The van der Waals surface area contributed by atoms with Crippen molar-refractivity contribution in [3.63, 3.8) is 0 Å². The molecule has 14 heavy (non-hydrogen) atoms. The third-order valence-corrected chi connectivity index (χ3v) is 2.53. The quantitative estimate of drug-likeness (QED) is 0.615. The summed E-state index contributed by atoms with van der Waals surface area (Å²) in [5.74, 6) is 0. The maximum absolute atomic E-state index is 6.01. The molecule has 0 unspecified atom stereocenters. The van der Waals surface area contributed by atoms with E-state index in [9.17, 15) is 0 Å². The minimum atomic E-state index is 0. The summed E-state index contributed by atoms with van der Waals surface area (Å²) in [7, 11) is 0. The zero-order chi connectivity index (χ0) is 10.3. The fraction of sp³-hybridized carbons (Fsp3) is 0.333. The lowest BCUT2D eigenvalue weighted by Crippen LogP contribution is -2.13. The van der Waals surface area contributed by atoms with Gasteiger partial charge in [-0.1, -0.05) is 20.8 Å². The summed E-state index contributed by atoms with van der Waals surface area (Å²) in [6.45, 7) is 6.53. The monoisotopic (exact) mass is 190 g/mol. The van der Waals surface area contributed by atoms with Crippen LogP contribution in [0.1, 0.15) is 27.8 Å². The Balaban J connectivity index is 0.00000112. The van der Waals surface area contributed by atoms with Gasteiger partial charge in [0.25, 0.3) is 0 Å². The molecule has 0 aliphatic rings. The molecule has 2 aromatic rings. The van der Waals surface area contributed by atoms with Crippen LogP contribution in [-0.4, -0.2) is 4.98 Å².